The van der Waals surface area contributed by atoms with Crippen LogP contribution in [0.5, 0.6) is 5.75 Å². The summed E-state index contributed by atoms with van der Waals surface area (Å²) in [5, 5.41) is 0.852. The molecular weight excluding hydrogens is 308 g/mol. The summed E-state index contributed by atoms with van der Waals surface area (Å²) in [7, 11) is 1.97. The highest BCUT2D eigenvalue weighted by atomic mass is 32.2. The largest absolute Gasteiger partial charge is 0.494 e. The lowest BCUT2D eigenvalue weighted by atomic mass is 10.1. The van der Waals surface area contributed by atoms with Crippen LogP contribution >= 0.6 is 11.8 Å². The van der Waals surface area contributed by atoms with Crippen LogP contribution in [0.4, 0.5) is 0 Å². The second-order valence-electron chi connectivity index (χ2n) is 5.11. The van der Waals surface area contributed by atoms with Gasteiger partial charge in [-0.2, -0.15) is 0 Å². The summed E-state index contributed by atoms with van der Waals surface area (Å²) < 4.78 is 7.41. The lowest BCUT2D eigenvalue weighted by Crippen LogP contribution is -2.03. The van der Waals surface area contributed by atoms with Crippen LogP contribution in [0, 0.1) is 0 Å². The number of ether oxygens (including phenoxy) is 1. The molecule has 1 aromatic heterocycles. The van der Waals surface area contributed by atoms with Crippen LogP contribution in [0.25, 0.3) is 11.0 Å². The maximum atomic E-state index is 12.3. The third kappa shape index (κ3) is 3.40. The molecule has 4 nitrogen and oxygen atoms in total. The number of imidazole rings is 1. The molecule has 0 atom stereocenters. The number of thioether (sulfide) groups is 1. The maximum absolute atomic E-state index is 12.3. The molecule has 2 aromatic carbocycles. The zero-order valence-electron chi connectivity index (χ0n) is 13.2. The fourth-order valence-corrected chi connectivity index (χ4v) is 3.25. The predicted molar refractivity (Wildman–Crippen MR) is 93.4 cm³/mol. The molecule has 1 heterocycles. The molecule has 0 aliphatic carbocycles. The van der Waals surface area contributed by atoms with Gasteiger partial charge in [0.25, 0.3) is 0 Å². The Morgan fingerprint density at radius 3 is 2.61 bits per heavy atom. The first-order valence-corrected chi connectivity index (χ1v) is 8.48. The smallest absolute Gasteiger partial charge is 0.173 e. The molecular formula is C18H18N2O2S. The normalized spacial score (nSPS) is 10.9. The number of carbonyl (C=O) groups excluding carboxylic acids is 1. The van der Waals surface area contributed by atoms with Crippen molar-refractivity contribution in [1.82, 2.24) is 9.55 Å². The summed E-state index contributed by atoms with van der Waals surface area (Å²) in [6.07, 6.45) is 0. The van der Waals surface area contributed by atoms with E-state index in [-0.39, 0.29) is 5.78 Å². The van der Waals surface area contributed by atoms with E-state index in [1.165, 1.54) is 11.8 Å². The minimum absolute atomic E-state index is 0.0881. The Bertz CT molecular complexity index is 825. The zero-order valence-corrected chi connectivity index (χ0v) is 14.0. The van der Waals surface area contributed by atoms with E-state index in [0.29, 0.717) is 17.9 Å². The van der Waals surface area contributed by atoms with E-state index in [1.807, 2.05) is 67.1 Å². The van der Waals surface area contributed by atoms with Crippen molar-refractivity contribution in [3.8, 4) is 5.75 Å². The molecule has 0 saturated heterocycles. The van der Waals surface area contributed by atoms with Gasteiger partial charge in [0, 0.05) is 12.6 Å². The Morgan fingerprint density at radius 2 is 1.91 bits per heavy atom. The number of nitrogens with zero attached hydrogens (tertiary/aromatic N) is 2. The van der Waals surface area contributed by atoms with Gasteiger partial charge in [-0.3, -0.25) is 4.79 Å². The molecule has 0 bridgehead atoms. The van der Waals surface area contributed by atoms with E-state index in [0.717, 1.165) is 21.9 Å². The van der Waals surface area contributed by atoms with Crippen LogP contribution in [0.1, 0.15) is 17.3 Å². The molecule has 118 valence electrons. The van der Waals surface area contributed by atoms with Crippen LogP contribution in [0.2, 0.25) is 0 Å². The number of Topliss-reactive ketones (excluding diaryl/α,β-unsaturated/α-hetero) is 1. The number of rotatable bonds is 6. The molecule has 0 saturated carbocycles. The van der Waals surface area contributed by atoms with Crippen molar-refractivity contribution in [3.63, 3.8) is 0 Å². The summed E-state index contributed by atoms with van der Waals surface area (Å²) in [5.74, 6) is 1.24. The van der Waals surface area contributed by atoms with Crippen molar-refractivity contribution in [1.29, 1.82) is 0 Å². The Balaban J connectivity index is 1.69. The van der Waals surface area contributed by atoms with Gasteiger partial charge in [0.05, 0.1) is 23.4 Å². The number of fused-ring (bicyclic) bond motifs is 1. The number of ketones is 1. The van der Waals surface area contributed by atoms with Crippen molar-refractivity contribution in [2.24, 2.45) is 7.05 Å². The van der Waals surface area contributed by atoms with Crippen LogP contribution < -0.4 is 4.74 Å². The summed E-state index contributed by atoms with van der Waals surface area (Å²) in [4.78, 5) is 16.9. The molecule has 23 heavy (non-hydrogen) atoms. The van der Waals surface area contributed by atoms with Crippen molar-refractivity contribution >= 4 is 28.6 Å². The Hall–Kier alpha value is -2.27. The van der Waals surface area contributed by atoms with Crippen LogP contribution in [0.3, 0.4) is 0 Å². The number of benzene rings is 2. The number of aryl methyl sites for hydroxylation is 1. The quantitative estimate of drug-likeness (QED) is 0.508. The number of aromatic nitrogens is 2. The van der Waals surface area contributed by atoms with Crippen LogP contribution in [0.15, 0.2) is 53.7 Å². The van der Waals surface area contributed by atoms with E-state index in [4.69, 9.17) is 4.74 Å². The molecule has 0 aliphatic rings. The molecule has 3 aromatic rings. The zero-order chi connectivity index (χ0) is 16.2. The molecule has 3 rings (SSSR count). The standard InChI is InChI=1S/C18H18N2O2S/c1-3-22-14-10-8-13(9-11-14)17(21)12-23-18-19-15-6-4-5-7-16(15)20(18)2/h4-11H,3,12H2,1-2H3. The first-order chi connectivity index (χ1) is 11.2. The second kappa shape index (κ2) is 6.87. The van der Waals surface area contributed by atoms with Crippen molar-refractivity contribution in [2.45, 2.75) is 12.1 Å². The average Bonchev–Trinajstić information content (AvgIpc) is 2.90. The Kier molecular flexibility index (Phi) is 4.67. The van der Waals surface area contributed by atoms with E-state index >= 15 is 0 Å². The van der Waals surface area contributed by atoms with E-state index in [9.17, 15) is 4.79 Å². The highest BCUT2D eigenvalue weighted by molar-refractivity contribution is 7.99. The predicted octanol–water partition coefficient (Wildman–Crippen LogP) is 3.95. The molecule has 5 heteroatoms. The van der Waals surface area contributed by atoms with Gasteiger partial charge in [-0.05, 0) is 43.3 Å². The Labute approximate surface area is 139 Å². The van der Waals surface area contributed by atoms with Gasteiger partial charge in [0.2, 0.25) is 0 Å². The van der Waals surface area contributed by atoms with Crippen molar-refractivity contribution < 1.29 is 9.53 Å². The van der Waals surface area contributed by atoms with Crippen LogP contribution in [-0.2, 0) is 7.05 Å². The van der Waals surface area contributed by atoms with Gasteiger partial charge in [-0.25, -0.2) is 4.98 Å². The summed E-state index contributed by atoms with van der Waals surface area (Å²) >= 11 is 1.46. The molecule has 0 radical (unpaired) electrons. The Morgan fingerprint density at radius 1 is 1.17 bits per heavy atom. The highest BCUT2D eigenvalue weighted by Gasteiger charge is 2.11. The SMILES string of the molecule is CCOc1ccc(C(=O)CSc2nc3ccccc3n2C)cc1. The third-order valence-corrected chi connectivity index (χ3v) is 4.60. The van der Waals surface area contributed by atoms with Gasteiger partial charge < -0.3 is 9.30 Å². The first kappa shape index (κ1) is 15.6. The molecule has 0 fully saturated rings. The molecule has 0 unspecified atom stereocenters. The van der Waals surface area contributed by atoms with Gasteiger partial charge in [-0.15, -0.1) is 0 Å². The topological polar surface area (TPSA) is 44.1 Å². The lowest BCUT2D eigenvalue weighted by molar-refractivity contribution is 0.102. The first-order valence-electron chi connectivity index (χ1n) is 7.49. The number of hydrogen-bond acceptors (Lipinski definition) is 4. The van der Waals surface area contributed by atoms with Gasteiger partial charge in [0.15, 0.2) is 10.9 Å². The maximum Gasteiger partial charge on any atom is 0.173 e. The monoisotopic (exact) mass is 326 g/mol. The fraction of sp³-hybridized carbons (Fsp3) is 0.222. The summed E-state index contributed by atoms with van der Waals surface area (Å²) in [5.41, 5.74) is 2.72. The van der Waals surface area contributed by atoms with Crippen molar-refractivity contribution in [3.05, 3.63) is 54.1 Å². The van der Waals surface area contributed by atoms with Gasteiger partial charge in [-0.1, -0.05) is 23.9 Å². The summed E-state index contributed by atoms with van der Waals surface area (Å²) in [6, 6.07) is 15.2. The fourth-order valence-electron chi connectivity index (χ4n) is 2.37. The van der Waals surface area contributed by atoms with E-state index in [2.05, 4.69) is 4.98 Å². The average molecular weight is 326 g/mol. The minimum atomic E-state index is 0.0881. The van der Waals surface area contributed by atoms with Crippen molar-refractivity contribution in [2.75, 3.05) is 12.4 Å². The number of para-hydroxylation sites is 2. The highest BCUT2D eigenvalue weighted by Crippen LogP contribution is 2.23. The molecule has 0 amide bonds. The second-order valence-corrected chi connectivity index (χ2v) is 6.05. The van der Waals surface area contributed by atoms with E-state index in [1.54, 1.807) is 0 Å². The number of carbonyl (C=O) groups is 1. The third-order valence-electron chi connectivity index (χ3n) is 3.57. The summed E-state index contributed by atoms with van der Waals surface area (Å²) in [6.45, 7) is 2.56. The lowest BCUT2D eigenvalue weighted by Gasteiger charge is -2.05. The molecule has 0 spiro atoms. The van der Waals surface area contributed by atoms with E-state index < -0.39 is 0 Å². The number of hydrogen-bond donors (Lipinski definition) is 0. The van der Waals surface area contributed by atoms with Crippen LogP contribution in [-0.4, -0.2) is 27.7 Å². The molecule has 0 N–H and O–H groups in total. The molecule has 0 aliphatic heterocycles. The van der Waals surface area contributed by atoms with Gasteiger partial charge in [0.1, 0.15) is 5.75 Å². The minimum Gasteiger partial charge on any atom is -0.494 e. The van der Waals surface area contributed by atoms with Gasteiger partial charge >= 0.3 is 0 Å².